The Labute approximate surface area is 124 Å². The molecule has 1 aromatic rings. The molecule has 0 aromatic heterocycles. The Morgan fingerprint density at radius 3 is 2.55 bits per heavy atom. The van der Waals surface area contributed by atoms with Crippen molar-refractivity contribution in [1.82, 2.24) is 5.32 Å². The molecule has 3 nitrogen and oxygen atoms in total. The van der Waals surface area contributed by atoms with Crippen LogP contribution in [-0.2, 0) is 9.53 Å². The number of nitrogens with one attached hydrogen (secondary N) is 1. The number of benzene rings is 1. The van der Waals surface area contributed by atoms with Crippen molar-refractivity contribution in [3.05, 3.63) is 30.1 Å². The summed E-state index contributed by atoms with van der Waals surface area (Å²) in [6, 6.07) is 6.39. The van der Waals surface area contributed by atoms with Gasteiger partial charge in [0.25, 0.3) is 0 Å². The van der Waals surface area contributed by atoms with E-state index in [0.717, 1.165) is 4.90 Å². The first-order chi connectivity index (χ1) is 9.41. The number of carbonyl (C=O) groups is 1. The predicted octanol–water partition coefficient (Wildman–Crippen LogP) is 3.24. The van der Waals surface area contributed by atoms with Crippen LogP contribution in [0.1, 0.15) is 27.2 Å². The Hall–Kier alpha value is -1.07. The van der Waals surface area contributed by atoms with Gasteiger partial charge in [-0.3, -0.25) is 4.79 Å². The van der Waals surface area contributed by atoms with E-state index >= 15 is 0 Å². The smallest absolute Gasteiger partial charge is 0.325 e. The first-order valence-corrected chi connectivity index (χ1v) is 7.55. The van der Waals surface area contributed by atoms with Crippen molar-refractivity contribution in [2.45, 2.75) is 42.9 Å². The van der Waals surface area contributed by atoms with Gasteiger partial charge in [-0.1, -0.05) is 13.8 Å². The minimum Gasteiger partial charge on any atom is -0.468 e. The van der Waals surface area contributed by atoms with Crippen LogP contribution in [0, 0.1) is 5.82 Å². The van der Waals surface area contributed by atoms with E-state index in [4.69, 9.17) is 4.74 Å². The third-order valence-corrected chi connectivity index (χ3v) is 4.16. The molecular weight excluding hydrogens is 277 g/mol. The largest absolute Gasteiger partial charge is 0.468 e. The number of hydrogen-bond acceptors (Lipinski definition) is 4. The molecule has 20 heavy (non-hydrogen) atoms. The van der Waals surface area contributed by atoms with Gasteiger partial charge in [-0.15, -0.1) is 11.8 Å². The van der Waals surface area contributed by atoms with Crippen LogP contribution >= 0.6 is 11.8 Å². The quantitative estimate of drug-likeness (QED) is 0.619. The third-order valence-electron chi connectivity index (χ3n) is 3.05. The Bertz CT molecular complexity index is 438. The first kappa shape index (κ1) is 17.0. The molecule has 0 fully saturated rings. The standard InChI is InChI=1S/C15H22FNO2S/c1-5-17-15(3,14(18)19-4)10-11(2)20-13-8-6-12(16)7-9-13/h6-9,11,17H,5,10H2,1-4H3. The minimum absolute atomic E-state index is 0.198. The molecule has 0 saturated carbocycles. The molecule has 0 heterocycles. The second kappa shape index (κ2) is 7.64. The Morgan fingerprint density at radius 1 is 1.45 bits per heavy atom. The molecule has 0 saturated heterocycles. The predicted molar refractivity (Wildman–Crippen MR) is 80.4 cm³/mol. The number of thioether (sulfide) groups is 1. The molecule has 1 rings (SSSR count). The van der Waals surface area contributed by atoms with Crippen molar-refractivity contribution in [2.75, 3.05) is 13.7 Å². The summed E-state index contributed by atoms with van der Waals surface area (Å²) in [5.41, 5.74) is -0.698. The highest BCUT2D eigenvalue weighted by Gasteiger charge is 2.35. The average Bonchev–Trinajstić information content (AvgIpc) is 2.40. The summed E-state index contributed by atoms with van der Waals surface area (Å²) in [5.74, 6) is -0.500. The number of carbonyl (C=O) groups excluding carboxylic acids is 1. The van der Waals surface area contributed by atoms with E-state index < -0.39 is 5.54 Å². The number of likely N-dealkylation sites (N-methyl/N-ethyl adjacent to an activating group) is 1. The highest BCUT2D eigenvalue weighted by atomic mass is 32.2. The number of methoxy groups -OCH3 is 1. The van der Waals surface area contributed by atoms with E-state index in [1.165, 1.54) is 19.2 Å². The van der Waals surface area contributed by atoms with Crippen LogP contribution < -0.4 is 5.32 Å². The van der Waals surface area contributed by atoms with Crippen molar-refractivity contribution in [1.29, 1.82) is 0 Å². The highest BCUT2D eigenvalue weighted by molar-refractivity contribution is 7.99. The van der Waals surface area contributed by atoms with Crippen LogP contribution in [0.15, 0.2) is 29.2 Å². The van der Waals surface area contributed by atoms with Crippen molar-refractivity contribution < 1.29 is 13.9 Å². The van der Waals surface area contributed by atoms with E-state index in [9.17, 15) is 9.18 Å². The minimum atomic E-state index is -0.698. The fourth-order valence-corrected chi connectivity index (χ4v) is 3.38. The maximum atomic E-state index is 12.9. The topological polar surface area (TPSA) is 38.3 Å². The molecule has 2 atom stereocenters. The van der Waals surface area contributed by atoms with E-state index in [1.807, 2.05) is 20.8 Å². The Balaban J connectivity index is 2.68. The van der Waals surface area contributed by atoms with Gasteiger partial charge in [0.2, 0.25) is 0 Å². The van der Waals surface area contributed by atoms with Crippen LogP contribution in [0.4, 0.5) is 4.39 Å². The van der Waals surface area contributed by atoms with Crippen molar-refractivity contribution in [2.24, 2.45) is 0 Å². The normalized spacial score (nSPS) is 15.4. The van der Waals surface area contributed by atoms with Crippen molar-refractivity contribution in [3.63, 3.8) is 0 Å². The van der Waals surface area contributed by atoms with E-state index in [2.05, 4.69) is 5.32 Å². The second-order valence-corrected chi connectivity index (χ2v) is 6.45. The molecule has 2 unspecified atom stereocenters. The summed E-state index contributed by atoms with van der Waals surface area (Å²) in [5, 5.41) is 3.39. The van der Waals surface area contributed by atoms with Gasteiger partial charge in [-0.2, -0.15) is 0 Å². The van der Waals surface area contributed by atoms with E-state index in [1.54, 1.807) is 23.9 Å². The fraction of sp³-hybridized carbons (Fsp3) is 0.533. The number of halogens is 1. The Morgan fingerprint density at radius 2 is 2.05 bits per heavy atom. The zero-order valence-corrected chi connectivity index (χ0v) is 13.2. The summed E-state index contributed by atoms with van der Waals surface area (Å²) < 4.78 is 17.7. The molecule has 0 aliphatic heterocycles. The van der Waals surface area contributed by atoms with Gasteiger partial charge in [-0.25, -0.2) is 4.39 Å². The molecule has 0 aliphatic carbocycles. The molecule has 5 heteroatoms. The maximum absolute atomic E-state index is 12.9. The molecule has 112 valence electrons. The highest BCUT2D eigenvalue weighted by Crippen LogP contribution is 2.29. The molecule has 0 bridgehead atoms. The lowest BCUT2D eigenvalue weighted by atomic mass is 9.96. The molecule has 0 radical (unpaired) electrons. The van der Waals surface area contributed by atoms with Gasteiger partial charge in [0, 0.05) is 10.1 Å². The van der Waals surface area contributed by atoms with E-state index in [0.29, 0.717) is 13.0 Å². The third kappa shape index (κ3) is 4.80. The first-order valence-electron chi connectivity index (χ1n) is 6.67. The Kier molecular flexibility index (Phi) is 6.49. The number of ether oxygens (including phenoxy) is 1. The second-order valence-electron chi connectivity index (χ2n) is 4.94. The van der Waals surface area contributed by atoms with Crippen molar-refractivity contribution >= 4 is 17.7 Å². The van der Waals surface area contributed by atoms with Crippen LogP contribution in [0.25, 0.3) is 0 Å². The van der Waals surface area contributed by atoms with E-state index in [-0.39, 0.29) is 17.0 Å². The van der Waals surface area contributed by atoms with Crippen molar-refractivity contribution in [3.8, 4) is 0 Å². The summed E-state index contributed by atoms with van der Waals surface area (Å²) in [6.45, 7) is 6.55. The van der Waals surface area contributed by atoms with Gasteiger partial charge < -0.3 is 10.1 Å². The van der Waals surface area contributed by atoms with Gasteiger partial charge in [0.05, 0.1) is 7.11 Å². The number of esters is 1. The molecule has 0 aliphatic rings. The van der Waals surface area contributed by atoms with Gasteiger partial charge in [-0.05, 0) is 44.2 Å². The lowest BCUT2D eigenvalue weighted by Crippen LogP contribution is -2.51. The molecular formula is C15H22FNO2S. The lowest BCUT2D eigenvalue weighted by molar-refractivity contribution is -0.148. The SMILES string of the molecule is CCNC(C)(CC(C)Sc1ccc(F)cc1)C(=O)OC. The summed E-state index contributed by atoms with van der Waals surface area (Å²) in [4.78, 5) is 12.9. The molecule has 0 amide bonds. The van der Waals surface area contributed by atoms with Crippen LogP contribution in [-0.4, -0.2) is 30.4 Å². The monoisotopic (exact) mass is 299 g/mol. The fourth-order valence-electron chi connectivity index (χ4n) is 2.21. The number of rotatable bonds is 7. The van der Waals surface area contributed by atoms with Gasteiger partial charge in [0.15, 0.2) is 0 Å². The van der Waals surface area contributed by atoms with Gasteiger partial charge in [0.1, 0.15) is 11.4 Å². The summed E-state index contributed by atoms with van der Waals surface area (Å²) in [6.07, 6.45) is 0.634. The van der Waals surface area contributed by atoms with Crippen LogP contribution in [0.2, 0.25) is 0 Å². The maximum Gasteiger partial charge on any atom is 0.325 e. The zero-order valence-electron chi connectivity index (χ0n) is 12.4. The number of hydrogen-bond donors (Lipinski definition) is 1. The lowest BCUT2D eigenvalue weighted by Gasteiger charge is -2.30. The van der Waals surface area contributed by atoms with Crippen LogP contribution in [0.3, 0.4) is 0 Å². The molecule has 1 aromatic carbocycles. The zero-order chi connectivity index (χ0) is 15.2. The van der Waals surface area contributed by atoms with Gasteiger partial charge >= 0.3 is 5.97 Å². The average molecular weight is 299 g/mol. The molecule has 1 N–H and O–H groups in total. The summed E-state index contributed by atoms with van der Waals surface area (Å²) in [7, 11) is 1.40. The summed E-state index contributed by atoms with van der Waals surface area (Å²) >= 11 is 1.62. The van der Waals surface area contributed by atoms with Crippen LogP contribution in [0.5, 0.6) is 0 Å². The molecule has 0 spiro atoms.